The summed E-state index contributed by atoms with van der Waals surface area (Å²) in [6, 6.07) is 4.05. The number of amides is 3. The van der Waals surface area contributed by atoms with Crippen molar-refractivity contribution in [2.75, 3.05) is 31.6 Å². The van der Waals surface area contributed by atoms with Gasteiger partial charge in [0.25, 0.3) is 11.8 Å². The number of rotatable bonds is 4. The SMILES string of the molecule is CN1C(=O)[C@@H](NC(=O)OC(C)(C)C)COc2ccc(OC(C)(C)C(=O)N3CCC(C)(O)CC3)cc21. The Labute approximate surface area is 206 Å². The molecule has 0 radical (unpaired) electrons. The molecule has 3 rings (SSSR count). The number of carbonyl (C=O) groups is 3. The van der Waals surface area contributed by atoms with Crippen molar-refractivity contribution in [3.8, 4) is 11.5 Å². The summed E-state index contributed by atoms with van der Waals surface area (Å²) < 4.78 is 17.1. The van der Waals surface area contributed by atoms with E-state index in [4.69, 9.17) is 14.2 Å². The zero-order valence-corrected chi connectivity index (χ0v) is 21.6. The Morgan fingerprint density at radius 1 is 1.17 bits per heavy atom. The predicted octanol–water partition coefficient (Wildman–Crippen LogP) is 2.47. The van der Waals surface area contributed by atoms with E-state index >= 15 is 0 Å². The molecule has 1 aromatic rings. The van der Waals surface area contributed by atoms with Crippen LogP contribution < -0.4 is 19.7 Å². The second-order valence-corrected chi connectivity index (χ2v) is 10.9. The van der Waals surface area contributed by atoms with Crippen LogP contribution in [0.25, 0.3) is 0 Å². The summed E-state index contributed by atoms with van der Waals surface area (Å²) in [4.78, 5) is 41.4. The first-order chi connectivity index (χ1) is 16.1. The molecule has 2 aliphatic rings. The minimum atomic E-state index is -1.16. The minimum absolute atomic E-state index is 0.0572. The van der Waals surface area contributed by atoms with Gasteiger partial charge in [-0.25, -0.2) is 4.79 Å². The van der Waals surface area contributed by atoms with Gasteiger partial charge in [0, 0.05) is 26.2 Å². The van der Waals surface area contributed by atoms with Crippen molar-refractivity contribution in [1.29, 1.82) is 0 Å². The summed E-state index contributed by atoms with van der Waals surface area (Å²) in [6.45, 7) is 11.2. The summed E-state index contributed by atoms with van der Waals surface area (Å²) in [5.41, 5.74) is -2.16. The lowest BCUT2D eigenvalue weighted by Gasteiger charge is -2.39. The van der Waals surface area contributed by atoms with Gasteiger partial charge in [-0.05, 0) is 66.5 Å². The largest absolute Gasteiger partial charge is 0.489 e. The van der Waals surface area contributed by atoms with E-state index in [0.717, 1.165) is 0 Å². The number of alkyl carbamates (subject to hydrolysis) is 1. The Kier molecular flexibility index (Phi) is 7.26. The number of nitrogens with zero attached hydrogens (tertiary/aromatic N) is 2. The van der Waals surface area contributed by atoms with Gasteiger partial charge in [0.2, 0.25) is 0 Å². The molecular weight excluding hydrogens is 454 g/mol. The highest BCUT2D eigenvalue weighted by Crippen LogP contribution is 2.36. The Bertz CT molecular complexity index is 974. The molecule has 0 aromatic heterocycles. The third-order valence-electron chi connectivity index (χ3n) is 6.03. The average molecular weight is 492 g/mol. The molecule has 10 heteroatoms. The molecule has 1 atom stereocenters. The van der Waals surface area contributed by atoms with Crippen LogP contribution in [0.3, 0.4) is 0 Å². The molecule has 1 saturated heterocycles. The number of nitrogens with one attached hydrogen (secondary N) is 1. The summed E-state index contributed by atoms with van der Waals surface area (Å²) in [7, 11) is 1.58. The zero-order chi connectivity index (χ0) is 26.2. The molecule has 0 saturated carbocycles. The molecule has 10 nitrogen and oxygen atoms in total. The molecule has 3 amide bonds. The normalized spacial score (nSPS) is 20.3. The maximum absolute atomic E-state index is 13.1. The summed E-state index contributed by atoms with van der Waals surface area (Å²) in [6.07, 6.45) is 0.314. The van der Waals surface area contributed by atoms with Gasteiger partial charge in [-0.1, -0.05) is 0 Å². The number of anilines is 1. The lowest BCUT2D eigenvalue weighted by Crippen LogP contribution is -2.53. The van der Waals surface area contributed by atoms with Crippen molar-refractivity contribution in [3.05, 3.63) is 18.2 Å². The van der Waals surface area contributed by atoms with Crippen LogP contribution in [0, 0.1) is 0 Å². The molecule has 194 valence electrons. The van der Waals surface area contributed by atoms with Crippen LogP contribution in [-0.2, 0) is 14.3 Å². The van der Waals surface area contributed by atoms with Gasteiger partial charge in [0.15, 0.2) is 5.60 Å². The second-order valence-electron chi connectivity index (χ2n) is 10.9. The summed E-state index contributed by atoms with van der Waals surface area (Å²) in [5.74, 6) is 0.296. The molecule has 0 unspecified atom stereocenters. The van der Waals surface area contributed by atoms with Crippen molar-refractivity contribution < 1.29 is 33.7 Å². The Morgan fingerprint density at radius 2 is 1.80 bits per heavy atom. The van der Waals surface area contributed by atoms with Crippen LogP contribution in [-0.4, -0.2) is 77.5 Å². The first-order valence-electron chi connectivity index (χ1n) is 11.8. The van der Waals surface area contributed by atoms with E-state index in [-0.39, 0.29) is 18.4 Å². The Balaban J connectivity index is 1.71. The van der Waals surface area contributed by atoms with Crippen LogP contribution in [0.4, 0.5) is 10.5 Å². The molecular formula is C25H37N3O7. The van der Waals surface area contributed by atoms with E-state index in [2.05, 4.69) is 5.32 Å². The number of benzene rings is 1. The third-order valence-corrected chi connectivity index (χ3v) is 6.03. The van der Waals surface area contributed by atoms with Gasteiger partial charge >= 0.3 is 6.09 Å². The lowest BCUT2D eigenvalue weighted by atomic mass is 9.92. The topological polar surface area (TPSA) is 118 Å². The van der Waals surface area contributed by atoms with E-state index in [1.165, 1.54) is 4.90 Å². The molecule has 2 N–H and O–H groups in total. The van der Waals surface area contributed by atoms with Crippen molar-refractivity contribution in [2.24, 2.45) is 0 Å². The highest BCUT2D eigenvalue weighted by Gasteiger charge is 2.39. The van der Waals surface area contributed by atoms with Gasteiger partial charge in [-0.15, -0.1) is 0 Å². The van der Waals surface area contributed by atoms with Crippen LogP contribution in [0.1, 0.15) is 54.4 Å². The number of likely N-dealkylation sites (tertiary alicyclic amines) is 1. The molecule has 0 aliphatic carbocycles. The van der Waals surface area contributed by atoms with E-state index in [1.54, 1.807) is 71.7 Å². The third kappa shape index (κ3) is 6.56. The molecule has 35 heavy (non-hydrogen) atoms. The highest BCUT2D eigenvalue weighted by molar-refractivity contribution is 6.00. The van der Waals surface area contributed by atoms with Crippen molar-refractivity contribution in [3.63, 3.8) is 0 Å². The zero-order valence-electron chi connectivity index (χ0n) is 21.6. The fourth-order valence-electron chi connectivity index (χ4n) is 4.01. The van der Waals surface area contributed by atoms with Gasteiger partial charge in [0.05, 0.1) is 11.3 Å². The fourth-order valence-corrected chi connectivity index (χ4v) is 4.01. The van der Waals surface area contributed by atoms with Crippen LogP contribution >= 0.6 is 0 Å². The monoisotopic (exact) mass is 491 g/mol. The number of aliphatic hydroxyl groups is 1. The summed E-state index contributed by atoms with van der Waals surface area (Å²) in [5, 5.41) is 12.7. The number of hydrogen-bond acceptors (Lipinski definition) is 7. The number of fused-ring (bicyclic) bond motifs is 1. The molecule has 1 aromatic carbocycles. The maximum atomic E-state index is 13.1. The van der Waals surface area contributed by atoms with E-state index in [1.807, 2.05) is 0 Å². The smallest absolute Gasteiger partial charge is 0.408 e. The van der Waals surface area contributed by atoms with Crippen molar-refractivity contribution in [1.82, 2.24) is 10.2 Å². The molecule has 0 bridgehead atoms. The number of likely N-dealkylation sites (N-methyl/N-ethyl adjacent to an activating group) is 1. The first kappa shape index (κ1) is 26.6. The number of hydrogen-bond donors (Lipinski definition) is 2. The summed E-state index contributed by atoms with van der Waals surface area (Å²) >= 11 is 0. The maximum Gasteiger partial charge on any atom is 0.408 e. The standard InChI is InChI=1S/C25H37N3O7/c1-23(2,3)35-22(31)26-17-15-33-19-9-8-16(14-18(19)27(7)20(17)29)34-24(4,5)21(30)28-12-10-25(6,32)11-13-28/h8-9,14,17,32H,10-13,15H2,1-7H3,(H,26,31)/t17-/m0/s1. The Hall–Kier alpha value is -3.01. The van der Waals surface area contributed by atoms with Gasteiger partial charge in [0.1, 0.15) is 29.7 Å². The van der Waals surface area contributed by atoms with Gasteiger partial charge in [-0.3, -0.25) is 9.59 Å². The van der Waals surface area contributed by atoms with Crippen LogP contribution in [0.5, 0.6) is 11.5 Å². The van der Waals surface area contributed by atoms with E-state index < -0.39 is 28.9 Å². The van der Waals surface area contributed by atoms with Crippen LogP contribution in [0.2, 0.25) is 0 Å². The number of ether oxygens (including phenoxy) is 3. The predicted molar refractivity (Wildman–Crippen MR) is 130 cm³/mol. The van der Waals surface area contributed by atoms with E-state index in [9.17, 15) is 19.5 Å². The first-order valence-corrected chi connectivity index (χ1v) is 11.8. The molecule has 2 aliphatic heterocycles. The quantitative estimate of drug-likeness (QED) is 0.664. The molecule has 0 spiro atoms. The van der Waals surface area contributed by atoms with Gasteiger partial charge < -0.3 is 34.4 Å². The van der Waals surface area contributed by atoms with Gasteiger partial charge in [-0.2, -0.15) is 0 Å². The second kappa shape index (κ2) is 9.56. The lowest BCUT2D eigenvalue weighted by molar-refractivity contribution is -0.149. The number of piperidine rings is 1. The average Bonchev–Trinajstić information content (AvgIpc) is 2.84. The molecule has 2 heterocycles. The van der Waals surface area contributed by atoms with Crippen molar-refractivity contribution >= 4 is 23.6 Å². The Morgan fingerprint density at radius 3 is 2.40 bits per heavy atom. The molecule has 1 fully saturated rings. The van der Waals surface area contributed by atoms with Crippen LogP contribution in [0.15, 0.2) is 18.2 Å². The fraction of sp³-hybridized carbons (Fsp3) is 0.640. The highest BCUT2D eigenvalue weighted by atomic mass is 16.6. The minimum Gasteiger partial charge on any atom is -0.489 e. The van der Waals surface area contributed by atoms with E-state index in [0.29, 0.717) is 43.1 Å². The number of carbonyl (C=O) groups excluding carboxylic acids is 3. The van der Waals surface area contributed by atoms with Crippen molar-refractivity contribution in [2.45, 2.75) is 77.2 Å².